The molecular formula is C22H31N3O3. The number of carbonyl (C=O) groups is 1. The van der Waals surface area contributed by atoms with E-state index < -0.39 is 0 Å². The first-order valence-corrected chi connectivity index (χ1v) is 10.1. The largest absolute Gasteiger partial charge is 0.496 e. The average molecular weight is 386 g/mol. The Morgan fingerprint density at radius 3 is 3.00 bits per heavy atom. The van der Waals surface area contributed by atoms with Crippen LogP contribution in [-0.2, 0) is 12.8 Å². The molecule has 1 aliphatic heterocycles. The van der Waals surface area contributed by atoms with Gasteiger partial charge in [0.05, 0.1) is 7.11 Å². The number of amides is 1. The molecule has 1 aromatic carbocycles. The lowest BCUT2D eigenvalue weighted by Crippen LogP contribution is -2.42. The van der Waals surface area contributed by atoms with E-state index in [1.807, 2.05) is 26.1 Å². The van der Waals surface area contributed by atoms with E-state index in [-0.39, 0.29) is 5.91 Å². The van der Waals surface area contributed by atoms with Gasteiger partial charge >= 0.3 is 0 Å². The van der Waals surface area contributed by atoms with E-state index in [0.29, 0.717) is 23.8 Å². The number of aryl methyl sites for hydroxylation is 1. The summed E-state index contributed by atoms with van der Waals surface area (Å²) in [6.45, 7) is 5.87. The van der Waals surface area contributed by atoms with Crippen molar-refractivity contribution in [3.63, 3.8) is 0 Å². The maximum atomic E-state index is 12.7. The lowest BCUT2D eigenvalue weighted by atomic mass is 9.97. The van der Waals surface area contributed by atoms with Crippen molar-refractivity contribution < 1.29 is 13.9 Å². The van der Waals surface area contributed by atoms with Crippen molar-refractivity contribution in [3.05, 3.63) is 47.7 Å². The van der Waals surface area contributed by atoms with Gasteiger partial charge in [-0.3, -0.25) is 4.79 Å². The van der Waals surface area contributed by atoms with E-state index in [1.54, 1.807) is 12.0 Å². The van der Waals surface area contributed by atoms with Gasteiger partial charge in [0.15, 0.2) is 12.1 Å². The number of hydrogen-bond acceptors (Lipinski definition) is 5. The number of nitrogens with zero attached hydrogens (tertiary/aromatic N) is 3. The van der Waals surface area contributed by atoms with Crippen LogP contribution in [0.25, 0.3) is 0 Å². The van der Waals surface area contributed by atoms with Crippen molar-refractivity contribution in [1.29, 1.82) is 0 Å². The van der Waals surface area contributed by atoms with E-state index in [2.05, 4.69) is 22.0 Å². The molecule has 152 valence electrons. The number of benzene rings is 1. The number of methoxy groups -OCH3 is 1. The highest BCUT2D eigenvalue weighted by Crippen LogP contribution is 2.22. The van der Waals surface area contributed by atoms with Crippen molar-refractivity contribution in [3.8, 4) is 5.75 Å². The highest BCUT2D eigenvalue weighted by Gasteiger charge is 2.25. The Morgan fingerprint density at radius 2 is 2.21 bits per heavy atom. The molecule has 1 unspecified atom stereocenters. The van der Waals surface area contributed by atoms with Gasteiger partial charge in [-0.1, -0.05) is 25.1 Å². The molecule has 1 saturated heterocycles. The SMILES string of the molecule is CCc1ocnc1C(=O)N(C)CC1CCCN(CCc2ccccc2OC)C1. The monoisotopic (exact) mass is 385 g/mol. The fourth-order valence-electron chi connectivity index (χ4n) is 4.04. The molecule has 1 amide bonds. The normalized spacial score (nSPS) is 17.5. The first kappa shape index (κ1) is 20.4. The number of carbonyl (C=O) groups excluding carboxylic acids is 1. The smallest absolute Gasteiger partial charge is 0.275 e. The van der Waals surface area contributed by atoms with Gasteiger partial charge in [0.25, 0.3) is 5.91 Å². The number of hydrogen-bond donors (Lipinski definition) is 0. The minimum Gasteiger partial charge on any atom is -0.496 e. The Labute approximate surface area is 167 Å². The zero-order chi connectivity index (χ0) is 19.9. The molecule has 2 aromatic rings. The van der Waals surface area contributed by atoms with Gasteiger partial charge in [-0.25, -0.2) is 4.98 Å². The summed E-state index contributed by atoms with van der Waals surface area (Å²) >= 11 is 0. The van der Waals surface area contributed by atoms with Gasteiger partial charge in [0.1, 0.15) is 11.5 Å². The molecule has 3 rings (SSSR count). The zero-order valence-corrected chi connectivity index (χ0v) is 17.2. The van der Waals surface area contributed by atoms with Crippen molar-refractivity contribution >= 4 is 5.91 Å². The molecular weight excluding hydrogens is 354 g/mol. The van der Waals surface area contributed by atoms with Crippen LogP contribution in [0.3, 0.4) is 0 Å². The highest BCUT2D eigenvalue weighted by atomic mass is 16.5. The van der Waals surface area contributed by atoms with Crippen LogP contribution in [0.5, 0.6) is 5.75 Å². The standard InChI is InChI=1S/C22H31N3O3/c1-4-19-21(23-16-28-19)22(26)24(2)14-17-8-7-12-25(15-17)13-11-18-9-5-6-10-20(18)27-3/h5-6,9-10,16-17H,4,7-8,11-15H2,1-3H3. The predicted octanol–water partition coefficient (Wildman–Crippen LogP) is 3.27. The Morgan fingerprint density at radius 1 is 1.39 bits per heavy atom. The van der Waals surface area contributed by atoms with E-state index >= 15 is 0 Å². The summed E-state index contributed by atoms with van der Waals surface area (Å²) in [5, 5.41) is 0. The van der Waals surface area contributed by atoms with Crippen LogP contribution in [0.4, 0.5) is 0 Å². The van der Waals surface area contributed by atoms with Crippen molar-refractivity contribution in [2.75, 3.05) is 40.3 Å². The minimum absolute atomic E-state index is 0.0447. The minimum atomic E-state index is -0.0447. The summed E-state index contributed by atoms with van der Waals surface area (Å²) in [6.07, 6.45) is 5.34. The fourth-order valence-corrected chi connectivity index (χ4v) is 4.04. The lowest BCUT2D eigenvalue weighted by Gasteiger charge is -2.34. The van der Waals surface area contributed by atoms with Crippen LogP contribution in [0, 0.1) is 5.92 Å². The quantitative estimate of drug-likeness (QED) is 0.698. The van der Waals surface area contributed by atoms with E-state index in [0.717, 1.165) is 44.8 Å². The van der Waals surface area contributed by atoms with Crippen molar-refractivity contribution in [2.24, 2.45) is 5.92 Å². The maximum Gasteiger partial charge on any atom is 0.275 e. The molecule has 1 aromatic heterocycles. The molecule has 6 nitrogen and oxygen atoms in total. The Kier molecular flexibility index (Phi) is 7.09. The zero-order valence-electron chi connectivity index (χ0n) is 17.2. The van der Waals surface area contributed by atoms with E-state index in [1.165, 1.54) is 18.4 Å². The molecule has 0 bridgehead atoms. The second-order valence-corrected chi connectivity index (χ2v) is 7.53. The van der Waals surface area contributed by atoms with Crippen molar-refractivity contribution in [1.82, 2.24) is 14.8 Å². The van der Waals surface area contributed by atoms with Gasteiger partial charge in [0, 0.05) is 33.1 Å². The fraction of sp³-hybridized carbons (Fsp3) is 0.545. The number of oxazole rings is 1. The molecule has 6 heteroatoms. The van der Waals surface area contributed by atoms with Gasteiger partial charge in [0.2, 0.25) is 0 Å². The molecule has 0 saturated carbocycles. The molecule has 1 atom stereocenters. The van der Waals surface area contributed by atoms with Gasteiger partial charge in [-0.15, -0.1) is 0 Å². The van der Waals surface area contributed by atoms with Crippen LogP contribution in [0.1, 0.15) is 41.6 Å². The van der Waals surface area contributed by atoms with E-state index in [4.69, 9.17) is 9.15 Å². The van der Waals surface area contributed by atoms with Crippen LogP contribution in [0.2, 0.25) is 0 Å². The molecule has 0 spiro atoms. The number of para-hydroxylation sites is 1. The molecule has 2 heterocycles. The van der Waals surface area contributed by atoms with Gasteiger partial charge in [-0.2, -0.15) is 0 Å². The first-order chi connectivity index (χ1) is 13.6. The molecule has 1 aliphatic rings. The van der Waals surface area contributed by atoms with Crippen molar-refractivity contribution in [2.45, 2.75) is 32.6 Å². The highest BCUT2D eigenvalue weighted by molar-refractivity contribution is 5.93. The number of rotatable bonds is 8. The summed E-state index contributed by atoms with van der Waals surface area (Å²) in [5.74, 6) is 2.06. The molecule has 0 aliphatic carbocycles. The number of likely N-dealkylation sites (tertiary alicyclic amines) is 1. The Balaban J connectivity index is 1.52. The lowest BCUT2D eigenvalue weighted by molar-refractivity contribution is 0.0723. The predicted molar refractivity (Wildman–Crippen MR) is 109 cm³/mol. The third-order valence-corrected chi connectivity index (χ3v) is 5.54. The second kappa shape index (κ2) is 9.73. The van der Waals surface area contributed by atoms with Gasteiger partial charge < -0.3 is 19.0 Å². The summed E-state index contributed by atoms with van der Waals surface area (Å²) < 4.78 is 10.8. The molecule has 28 heavy (non-hydrogen) atoms. The summed E-state index contributed by atoms with van der Waals surface area (Å²) in [5.41, 5.74) is 1.70. The van der Waals surface area contributed by atoms with Crippen LogP contribution < -0.4 is 4.74 Å². The Bertz CT molecular complexity index is 774. The number of piperidine rings is 1. The summed E-state index contributed by atoms with van der Waals surface area (Å²) in [7, 11) is 3.59. The van der Waals surface area contributed by atoms with Gasteiger partial charge in [-0.05, 0) is 43.4 Å². The number of aromatic nitrogens is 1. The summed E-state index contributed by atoms with van der Waals surface area (Å²) in [4.78, 5) is 21.1. The average Bonchev–Trinajstić information content (AvgIpc) is 3.21. The van der Waals surface area contributed by atoms with Crippen LogP contribution in [-0.4, -0.2) is 61.0 Å². The van der Waals surface area contributed by atoms with Crippen LogP contribution in [0.15, 0.2) is 35.1 Å². The van der Waals surface area contributed by atoms with E-state index in [9.17, 15) is 4.79 Å². The Hall–Kier alpha value is -2.34. The number of ether oxygens (including phenoxy) is 1. The maximum absolute atomic E-state index is 12.7. The topological polar surface area (TPSA) is 58.8 Å². The molecule has 0 radical (unpaired) electrons. The summed E-state index contributed by atoms with van der Waals surface area (Å²) in [6, 6.07) is 8.22. The third kappa shape index (κ3) is 4.93. The third-order valence-electron chi connectivity index (χ3n) is 5.54. The second-order valence-electron chi connectivity index (χ2n) is 7.53. The molecule has 0 N–H and O–H groups in total. The first-order valence-electron chi connectivity index (χ1n) is 10.1. The van der Waals surface area contributed by atoms with Crippen LogP contribution >= 0.6 is 0 Å². The molecule has 1 fully saturated rings.